The lowest BCUT2D eigenvalue weighted by Crippen LogP contribution is -2.44. The first kappa shape index (κ1) is 20.9. The standard InChI is InChI=1S/C15H32N4O.HI/c1-5-8-19-9-7-14(11-19)10-17-15(16-6-2)18-13(3)12-20-4;/h13-14H,5-12H2,1-4H3,(H2,16,17,18);1H. The van der Waals surface area contributed by atoms with Crippen LogP contribution in [0.3, 0.4) is 0 Å². The lowest BCUT2D eigenvalue weighted by atomic mass is 10.1. The molecule has 0 radical (unpaired) electrons. The molecule has 2 unspecified atom stereocenters. The molecule has 0 aromatic heterocycles. The van der Waals surface area contributed by atoms with Crippen molar-refractivity contribution in [3.63, 3.8) is 0 Å². The number of methoxy groups -OCH3 is 1. The minimum Gasteiger partial charge on any atom is -0.383 e. The number of hydrogen-bond acceptors (Lipinski definition) is 3. The molecule has 6 heteroatoms. The average molecular weight is 412 g/mol. The van der Waals surface area contributed by atoms with Gasteiger partial charge in [-0.15, -0.1) is 24.0 Å². The van der Waals surface area contributed by atoms with Crippen LogP contribution in [0.1, 0.15) is 33.6 Å². The number of nitrogens with zero attached hydrogens (tertiary/aromatic N) is 2. The minimum absolute atomic E-state index is 0. The highest BCUT2D eigenvalue weighted by Gasteiger charge is 2.21. The van der Waals surface area contributed by atoms with Crippen molar-refractivity contribution in [3.05, 3.63) is 0 Å². The van der Waals surface area contributed by atoms with Gasteiger partial charge in [0.15, 0.2) is 5.96 Å². The van der Waals surface area contributed by atoms with Gasteiger partial charge in [-0.1, -0.05) is 6.92 Å². The van der Waals surface area contributed by atoms with E-state index in [1.807, 2.05) is 0 Å². The third-order valence-corrected chi connectivity index (χ3v) is 3.56. The quantitative estimate of drug-likeness (QED) is 0.364. The molecular formula is C15H33IN4O. The summed E-state index contributed by atoms with van der Waals surface area (Å²) in [5.41, 5.74) is 0. The summed E-state index contributed by atoms with van der Waals surface area (Å²) in [5.74, 6) is 1.61. The van der Waals surface area contributed by atoms with Gasteiger partial charge in [-0.3, -0.25) is 4.99 Å². The Hall–Kier alpha value is -0.0800. The van der Waals surface area contributed by atoms with Crippen LogP contribution < -0.4 is 10.6 Å². The molecule has 126 valence electrons. The van der Waals surface area contributed by atoms with Gasteiger partial charge < -0.3 is 20.3 Å². The van der Waals surface area contributed by atoms with E-state index < -0.39 is 0 Å². The maximum absolute atomic E-state index is 5.15. The number of aliphatic imine (C=N–C) groups is 1. The lowest BCUT2D eigenvalue weighted by molar-refractivity contribution is 0.179. The SMILES string of the molecule is CCCN1CCC(CN=C(NCC)NC(C)COC)C1.I. The number of rotatable bonds is 8. The molecule has 0 amide bonds. The van der Waals surface area contributed by atoms with Crippen LogP contribution in [0.2, 0.25) is 0 Å². The maximum atomic E-state index is 5.15. The number of hydrogen-bond donors (Lipinski definition) is 2. The molecule has 1 saturated heterocycles. The van der Waals surface area contributed by atoms with Crippen LogP contribution in [0.4, 0.5) is 0 Å². The van der Waals surface area contributed by atoms with Crippen molar-refractivity contribution < 1.29 is 4.74 Å². The number of ether oxygens (including phenoxy) is 1. The maximum Gasteiger partial charge on any atom is 0.191 e. The van der Waals surface area contributed by atoms with Gasteiger partial charge in [-0.2, -0.15) is 0 Å². The topological polar surface area (TPSA) is 48.9 Å². The van der Waals surface area contributed by atoms with Crippen molar-refractivity contribution in [2.24, 2.45) is 10.9 Å². The van der Waals surface area contributed by atoms with Crippen molar-refractivity contribution in [2.45, 2.75) is 39.7 Å². The molecule has 21 heavy (non-hydrogen) atoms. The van der Waals surface area contributed by atoms with Gasteiger partial charge in [0.1, 0.15) is 0 Å². The molecule has 1 rings (SSSR count). The predicted octanol–water partition coefficient (Wildman–Crippen LogP) is 1.93. The monoisotopic (exact) mass is 412 g/mol. The van der Waals surface area contributed by atoms with Crippen LogP contribution in [0.15, 0.2) is 4.99 Å². The van der Waals surface area contributed by atoms with Gasteiger partial charge in [0.25, 0.3) is 0 Å². The molecule has 5 nitrogen and oxygen atoms in total. The molecule has 0 spiro atoms. The third-order valence-electron chi connectivity index (χ3n) is 3.56. The Morgan fingerprint density at radius 2 is 2.19 bits per heavy atom. The molecule has 1 heterocycles. The van der Waals surface area contributed by atoms with Crippen LogP contribution in [-0.2, 0) is 4.74 Å². The van der Waals surface area contributed by atoms with Gasteiger partial charge >= 0.3 is 0 Å². The van der Waals surface area contributed by atoms with Crippen LogP contribution in [0, 0.1) is 5.92 Å². The van der Waals surface area contributed by atoms with Crippen molar-refractivity contribution >= 4 is 29.9 Å². The molecule has 1 aliphatic heterocycles. The summed E-state index contributed by atoms with van der Waals surface area (Å²) in [5, 5.41) is 6.68. The summed E-state index contributed by atoms with van der Waals surface area (Å²) < 4.78 is 5.15. The summed E-state index contributed by atoms with van der Waals surface area (Å²) in [6, 6.07) is 0.276. The molecule has 1 aliphatic rings. The molecule has 0 aliphatic carbocycles. The van der Waals surface area contributed by atoms with E-state index in [0.717, 1.165) is 19.0 Å². The third kappa shape index (κ3) is 8.83. The molecule has 1 fully saturated rings. The van der Waals surface area contributed by atoms with E-state index in [9.17, 15) is 0 Å². The number of nitrogens with one attached hydrogen (secondary N) is 2. The highest BCUT2D eigenvalue weighted by molar-refractivity contribution is 14.0. The Morgan fingerprint density at radius 1 is 1.43 bits per heavy atom. The number of likely N-dealkylation sites (tertiary alicyclic amines) is 1. The Labute approximate surface area is 147 Å². The molecule has 0 aromatic carbocycles. The Bertz CT molecular complexity index is 289. The van der Waals surface area contributed by atoms with E-state index in [-0.39, 0.29) is 30.0 Å². The number of guanidine groups is 1. The second kappa shape index (κ2) is 12.5. The Morgan fingerprint density at radius 3 is 2.81 bits per heavy atom. The van der Waals surface area contributed by atoms with E-state index in [1.165, 1.54) is 32.5 Å². The van der Waals surface area contributed by atoms with E-state index in [1.54, 1.807) is 7.11 Å². The molecule has 0 bridgehead atoms. The van der Waals surface area contributed by atoms with Crippen molar-refractivity contribution in [1.29, 1.82) is 0 Å². The van der Waals surface area contributed by atoms with Gasteiger partial charge in [0.05, 0.1) is 6.61 Å². The first-order valence-corrected chi connectivity index (χ1v) is 7.95. The summed E-state index contributed by atoms with van der Waals surface area (Å²) in [7, 11) is 1.73. The summed E-state index contributed by atoms with van der Waals surface area (Å²) in [6.45, 7) is 12.6. The van der Waals surface area contributed by atoms with Gasteiger partial charge in [-0.05, 0) is 45.7 Å². The van der Waals surface area contributed by atoms with Crippen LogP contribution >= 0.6 is 24.0 Å². The zero-order valence-corrected chi connectivity index (χ0v) is 16.4. The van der Waals surface area contributed by atoms with Crippen LogP contribution in [0.25, 0.3) is 0 Å². The molecule has 0 saturated carbocycles. The zero-order valence-electron chi connectivity index (χ0n) is 14.0. The van der Waals surface area contributed by atoms with E-state index in [0.29, 0.717) is 12.5 Å². The second-order valence-electron chi connectivity index (χ2n) is 5.68. The summed E-state index contributed by atoms with van der Waals surface area (Å²) in [4.78, 5) is 7.27. The van der Waals surface area contributed by atoms with Gasteiger partial charge in [-0.25, -0.2) is 0 Å². The average Bonchev–Trinajstić information content (AvgIpc) is 2.85. The van der Waals surface area contributed by atoms with Crippen molar-refractivity contribution in [2.75, 3.05) is 46.4 Å². The highest BCUT2D eigenvalue weighted by Crippen LogP contribution is 2.16. The number of halogens is 1. The molecular weight excluding hydrogens is 379 g/mol. The van der Waals surface area contributed by atoms with Crippen molar-refractivity contribution in [3.8, 4) is 0 Å². The molecule has 2 atom stereocenters. The fourth-order valence-corrected chi connectivity index (χ4v) is 2.65. The summed E-state index contributed by atoms with van der Waals surface area (Å²) in [6.07, 6.45) is 2.52. The normalized spacial score (nSPS) is 21.0. The second-order valence-corrected chi connectivity index (χ2v) is 5.68. The van der Waals surface area contributed by atoms with E-state index >= 15 is 0 Å². The van der Waals surface area contributed by atoms with E-state index in [2.05, 4.69) is 36.3 Å². The van der Waals surface area contributed by atoms with Gasteiger partial charge in [0, 0.05) is 32.8 Å². The molecule has 2 N–H and O–H groups in total. The predicted molar refractivity (Wildman–Crippen MR) is 101 cm³/mol. The Balaban J connectivity index is 0.00000400. The lowest BCUT2D eigenvalue weighted by Gasteiger charge is -2.18. The zero-order chi connectivity index (χ0) is 14.8. The molecule has 0 aromatic rings. The Kier molecular flexibility index (Phi) is 12.4. The smallest absolute Gasteiger partial charge is 0.191 e. The fraction of sp³-hybridized carbons (Fsp3) is 0.933. The first-order valence-electron chi connectivity index (χ1n) is 7.95. The van der Waals surface area contributed by atoms with Crippen LogP contribution in [-0.4, -0.2) is 63.3 Å². The first-order chi connectivity index (χ1) is 9.69. The van der Waals surface area contributed by atoms with E-state index in [4.69, 9.17) is 9.73 Å². The minimum atomic E-state index is 0. The van der Waals surface area contributed by atoms with Crippen LogP contribution in [0.5, 0.6) is 0 Å². The highest BCUT2D eigenvalue weighted by atomic mass is 127. The fourth-order valence-electron chi connectivity index (χ4n) is 2.65. The summed E-state index contributed by atoms with van der Waals surface area (Å²) >= 11 is 0. The van der Waals surface area contributed by atoms with Crippen molar-refractivity contribution in [1.82, 2.24) is 15.5 Å². The van der Waals surface area contributed by atoms with Gasteiger partial charge in [0.2, 0.25) is 0 Å². The largest absolute Gasteiger partial charge is 0.383 e.